The van der Waals surface area contributed by atoms with Gasteiger partial charge in [0.15, 0.2) is 5.82 Å². The molecule has 2 aliphatic rings. The molecule has 0 saturated carbocycles. The molecule has 3 N–H and O–H groups in total. The molecule has 2 fully saturated rings. The van der Waals surface area contributed by atoms with Crippen LogP contribution in [0.15, 0.2) is 42.6 Å². The van der Waals surface area contributed by atoms with Gasteiger partial charge >= 0.3 is 5.97 Å². The molecule has 2 saturated heterocycles. The number of piperidine rings is 1. The Morgan fingerprint density at radius 1 is 1.03 bits per heavy atom. The summed E-state index contributed by atoms with van der Waals surface area (Å²) in [5.74, 6) is 0.242. The highest BCUT2D eigenvalue weighted by Crippen LogP contribution is 2.26. The van der Waals surface area contributed by atoms with E-state index in [0.717, 1.165) is 63.4 Å². The van der Waals surface area contributed by atoms with Crippen molar-refractivity contribution in [2.24, 2.45) is 5.92 Å². The number of nitrogens with one attached hydrogen (secondary N) is 2. The summed E-state index contributed by atoms with van der Waals surface area (Å²) in [6.45, 7) is 4.19. The van der Waals surface area contributed by atoms with Gasteiger partial charge in [-0.25, -0.2) is 4.79 Å². The Kier molecular flexibility index (Phi) is 7.85. The summed E-state index contributed by atoms with van der Waals surface area (Å²) >= 11 is 1.35. The van der Waals surface area contributed by atoms with Crippen molar-refractivity contribution in [3.05, 3.63) is 53.7 Å². The van der Waals surface area contributed by atoms with Gasteiger partial charge in [-0.1, -0.05) is 23.5 Å². The lowest BCUT2D eigenvalue weighted by Gasteiger charge is -2.31. The summed E-state index contributed by atoms with van der Waals surface area (Å²) in [6.07, 6.45) is 4.95. The summed E-state index contributed by atoms with van der Waals surface area (Å²) in [4.78, 5) is 28.3. The molecular weight excluding hydrogens is 492 g/mol. The third kappa shape index (κ3) is 6.77. The van der Waals surface area contributed by atoms with Crippen molar-refractivity contribution in [2.75, 3.05) is 41.7 Å². The standard InChI is InChI=1S/C25H30N8O3S/c34-22(14-17-6-10-32(11-7-17)15-18-3-1-4-19(13-18)23(35)36)28-25-31-30-24(37-25)27-20-8-12-33(16-20)21-5-2-9-26-29-21/h1-5,9,13,17,20H,6-8,10-12,14-16H2,(H,27,30)(H,35,36)(H,28,31,34)/t20-/m1/s1. The van der Waals surface area contributed by atoms with Crippen molar-refractivity contribution < 1.29 is 14.7 Å². The largest absolute Gasteiger partial charge is 0.478 e. The topological polar surface area (TPSA) is 136 Å². The second-order valence-electron chi connectivity index (χ2n) is 9.55. The lowest BCUT2D eigenvalue weighted by Crippen LogP contribution is -2.34. The van der Waals surface area contributed by atoms with E-state index in [1.54, 1.807) is 24.4 Å². The van der Waals surface area contributed by atoms with Crippen LogP contribution in [0.25, 0.3) is 0 Å². The fraction of sp³-hybridized carbons (Fsp3) is 0.440. The summed E-state index contributed by atoms with van der Waals surface area (Å²) in [7, 11) is 0. The number of amides is 1. The molecule has 1 atom stereocenters. The molecule has 12 heteroatoms. The van der Waals surface area contributed by atoms with Crippen molar-refractivity contribution in [2.45, 2.75) is 38.3 Å². The smallest absolute Gasteiger partial charge is 0.335 e. The Labute approximate surface area is 218 Å². The molecule has 2 aromatic heterocycles. The molecular formula is C25H30N8O3S. The van der Waals surface area contributed by atoms with Crippen LogP contribution in [0.5, 0.6) is 0 Å². The van der Waals surface area contributed by atoms with E-state index in [2.05, 4.69) is 40.8 Å². The number of benzene rings is 1. The number of aromatic carboxylic acids is 1. The van der Waals surface area contributed by atoms with Gasteiger partial charge in [-0.05, 0) is 68.1 Å². The number of hydrogen-bond acceptors (Lipinski definition) is 10. The first-order chi connectivity index (χ1) is 18.0. The monoisotopic (exact) mass is 522 g/mol. The molecule has 3 aromatic rings. The fourth-order valence-electron chi connectivity index (χ4n) is 4.90. The molecule has 0 unspecified atom stereocenters. The first-order valence-electron chi connectivity index (χ1n) is 12.5. The number of anilines is 3. The zero-order valence-electron chi connectivity index (χ0n) is 20.4. The van der Waals surface area contributed by atoms with E-state index in [1.807, 2.05) is 18.2 Å². The second kappa shape index (κ2) is 11.6. The van der Waals surface area contributed by atoms with Gasteiger partial charge in [0.2, 0.25) is 16.2 Å². The third-order valence-corrected chi connectivity index (χ3v) is 7.60. The number of nitrogens with zero attached hydrogens (tertiary/aromatic N) is 6. The van der Waals surface area contributed by atoms with Gasteiger partial charge in [-0.3, -0.25) is 9.69 Å². The Bertz CT molecular complexity index is 1220. The average Bonchev–Trinajstić information content (AvgIpc) is 3.55. The van der Waals surface area contributed by atoms with E-state index < -0.39 is 5.97 Å². The summed E-state index contributed by atoms with van der Waals surface area (Å²) in [5.41, 5.74) is 1.31. The number of carbonyl (C=O) groups excluding carboxylic acids is 1. The van der Waals surface area contributed by atoms with E-state index in [1.165, 1.54) is 11.3 Å². The number of carboxylic acids is 1. The normalized spacial score (nSPS) is 18.6. The van der Waals surface area contributed by atoms with E-state index in [0.29, 0.717) is 28.2 Å². The Balaban J connectivity index is 1.03. The number of carboxylic acid groups (broad SMARTS) is 1. The quantitative estimate of drug-likeness (QED) is 0.385. The first kappa shape index (κ1) is 25.0. The SMILES string of the molecule is O=C(CC1CCN(Cc2cccc(C(=O)O)c2)CC1)Nc1nnc(N[C@@H]2CCN(c3cccnn3)C2)s1. The van der Waals surface area contributed by atoms with Crippen molar-refractivity contribution in [1.82, 2.24) is 25.3 Å². The van der Waals surface area contributed by atoms with Crippen LogP contribution in [-0.2, 0) is 11.3 Å². The molecule has 5 rings (SSSR count). The highest BCUT2D eigenvalue weighted by atomic mass is 32.1. The van der Waals surface area contributed by atoms with Crippen LogP contribution in [0, 0.1) is 5.92 Å². The predicted octanol–water partition coefficient (Wildman–Crippen LogP) is 2.96. The minimum Gasteiger partial charge on any atom is -0.478 e. The maximum atomic E-state index is 12.6. The van der Waals surface area contributed by atoms with E-state index >= 15 is 0 Å². The highest BCUT2D eigenvalue weighted by Gasteiger charge is 2.25. The molecule has 4 heterocycles. The van der Waals surface area contributed by atoms with Crippen molar-refractivity contribution in [1.29, 1.82) is 0 Å². The summed E-state index contributed by atoms with van der Waals surface area (Å²) < 4.78 is 0. The van der Waals surface area contributed by atoms with Crippen LogP contribution in [-0.4, -0.2) is 74.5 Å². The molecule has 37 heavy (non-hydrogen) atoms. The zero-order valence-corrected chi connectivity index (χ0v) is 21.2. The van der Waals surface area contributed by atoms with Crippen LogP contribution in [0.4, 0.5) is 16.1 Å². The van der Waals surface area contributed by atoms with Gasteiger partial charge in [0, 0.05) is 38.3 Å². The van der Waals surface area contributed by atoms with E-state index in [-0.39, 0.29) is 11.9 Å². The fourth-order valence-corrected chi connectivity index (χ4v) is 5.63. The maximum Gasteiger partial charge on any atom is 0.335 e. The summed E-state index contributed by atoms with van der Waals surface area (Å²) in [6, 6.07) is 11.2. The lowest BCUT2D eigenvalue weighted by atomic mass is 9.93. The molecule has 0 spiro atoms. The molecule has 0 aliphatic carbocycles. The van der Waals surface area contributed by atoms with Crippen LogP contribution >= 0.6 is 11.3 Å². The Morgan fingerprint density at radius 2 is 1.86 bits per heavy atom. The number of hydrogen-bond donors (Lipinski definition) is 3. The number of likely N-dealkylation sites (tertiary alicyclic amines) is 1. The zero-order chi connectivity index (χ0) is 25.6. The van der Waals surface area contributed by atoms with Crippen LogP contribution in [0.1, 0.15) is 41.6 Å². The Hall–Kier alpha value is -3.64. The number of carbonyl (C=O) groups is 2. The van der Waals surface area contributed by atoms with Crippen LogP contribution in [0.3, 0.4) is 0 Å². The second-order valence-corrected chi connectivity index (χ2v) is 10.5. The van der Waals surface area contributed by atoms with Crippen molar-refractivity contribution in [3.8, 4) is 0 Å². The van der Waals surface area contributed by atoms with Gasteiger partial charge < -0.3 is 20.6 Å². The number of rotatable bonds is 9. The maximum absolute atomic E-state index is 12.6. The van der Waals surface area contributed by atoms with Crippen LogP contribution < -0.4 is 15.5 Å². The summed E-state index contributed by atoms with van der Waals surface area (Å²) in [5, 5.41) is 33.2. The van der Waals surface area contributed by atoms with Crippen LogP contribution in [0.2, 0.25) is 0 Å². The van der Waals surface area contributed by atoms with Crippen molar-refractivity contribution >= 4 is 39.3 Å². The van der Waals surface area contributed by atoms with Gasteiger partial charge in [-0.15, -0.1) is 15.3 Å². The lowest BCUT2D eigenvalue weighted by molar-refractivity contribution is -0.117. The van der Waals surface area contributed by atoms with E-state index in [9.17, 15) is 14.7 Å². The highest BCUT2D eigenvalue weighted by molar-refractivity contribution is 7.19. The van der Waals surface area contributed by atoms with E-state index in [4.69, 9.17) is 0 Å². The minimum atomic E-state index is -0.909. The molecule has 2 aliphatic heterocycles. The van der Waals surface area contributed by atoms with Gasteiger partial charge in [0.05, 0.1) is 5.56 Å². The van der Waals surface area contributed by atoms with Crippen molar-refractivity contribution in [3.63, 3.8) is 0 Å². The molecule has 11 nitrogen and oxygen atoms in total. The third-order valence-electron chi connectivity index (χ3n) is 6.83. The molecule has 1 aromatic carbocycles. The average molecular weight is 523 g/mol. The van der Waals surface area contributed by atoms with Gasteiger partial charge in [0.1, 0.15) is 0 Å². The molecule has 194 valence electrons. The predicted molar refractivity (Wildman–Crippen MR) is 141 cm³/mol. The minimum absolute atomic E-state index is 0.0370. The first-order valence-corrected chi connectivity index (χ1v) is 13.3. The van der Waals surface area contributed by atoms with Gasteiger partial charge in [-0.2, -0.15) is 5.10 Å². The molecule has 0 radical (unpaired) electrons. The molecule has 1 amide bonds. The Morgan fingerprint density at radius 3 is 2.65 bits per heavy atom. The molecule has 0 bridgehead atoms. The number of aromatic nitrogens is 4. The van der Waals surface area contributed by atoms with Gasteiger partial charge in [0.25, 0.3) is 0 Å².